The van der Waals surface area contributed by atoms with Crippen LogP contribution < -0.4 is 4.74 Å². The van der Waals surface area contributed by atoms with Crippen molar-refractivity contribution in [3.8, 4) is 5.75 Å². The smallest absolute Gasteiger partial charge is 0.310 e. The van der Waals surface area contributed by atoms with Gasteiger partial charge in [0.2, 0.25) is 0 Å². The lowest BCUT2D eigenvalue weighted by Crippen LogP contribution is -2.36. The van der Waals surface area contributed by atoms with E-state index in [1.807, 2.05) is 26.0 Å². The van der Waals surface area contributed by atoms with Crippen LogP contribution in [-0.4, -0.2) is 41.5 Å². The molecule has 0 radical (unpaired) electrons. The molecule has 1 aromatic carbocycles. The number of methoxy groups -OCH3 is 1. The average molecular weight is 370 g/mol. The summed E-state index contributed by atoms with van der Waals surface area (Å²) in [5, 5.41) is 0. The van der Waals surface area contributed by atoms with Crippen LogP contribution in [0.25, 0.3) is 0 Å². The van der Waals surface area contributed by atoms with E-state index in [-0.39, 0.29) is 24.5 Å². The van der Waals surface area contributed by atoms with Gasteiger partial charge in [0, 0.05) is 31.0 Å². The molecule has 1 heterocycles. The first-order valence-corrected chi connectivity index (χ1v) is 8.93. The minimum absolute atomic E-state index is 0.0654. The van der Waals surface area contributed by atoms with Crippen molar-refractivity contribution in [2.45, 2.75) is 33.4 Å². The van der Waals surface area contributed by atoms with Crippen LogP contribution in [0, 0.1) is 5.92 Å². The highest BCUT2D eigenvalue weighted by Gasteiger charge is 2.23. The molecule has 0 bridgehead atoms. The summed E-state index contributed by atoms with van der Waals surface area (Å²) in [6.45, 7) is 6.29. The SMILES string of the molecule is COC(=O)C(C)CN(Cc1ccncc1)C(=O)c1ccc(OC(C)C)cc1. The molecule has 0 aliphatic carbocycles. The number of hydrogen-bond donors (Lipinski definition) is 0. The largest absolute Gasteiger partial charge is 0.491 e. The molecule has 0 fully saturated rings. The fraction of sp³-hybridized carbons (Fsp3) is 0.381. The van der Waals surface area contributed by atoms with Gasteiger partial charge in [0.1, 0.15) is 5.75 Å². The lowest BCUT2D eigenvalue weighted by Gasteiger charge is -2.25. The van der Waals surface area contributed by atoms with E-state index in [1.165, 1.54) is 7.11 Å². The standard InChI is InChI=1S/C21H26N2O4/c1-15(2)27-19-7-5-18(6-8-19)20(24)23(13-16(3)21(25)26-4)14-17-9-11-22-12-10-17/h5-12,15-16H,13-14H2,1-4H3. The van der Waals surface area contributed by atoms with Crippen molar-refractivity contribution in [3.63, 3.8) is 0 Å². The second kappa shape index (κ2) is 9.71. The van der Waals surface area contributed by atoms with Crippen LogP contribution in [0.4, 0.5) is 0 Å². The second-order valence-corrected chi connectivity index (χ2v) is 6.66. The van der Waals surface area contributed by atoms with Gasteiger partial charge in [0.05, 0.1) is 19.1 Å². The van der Waals surface area contributed by atoms with Crippen LogP contribution in [0.1, 0.15) is 36.7 Å². The van der Waals surface area contributed by atoms with Crippen LogP contribution in [-0.2, 0) is 16.1 Å². The Morgan fingerprint density at radius 3 is 2.22 bits per heavy atom. The Kier molecular flexibility index (Phi) is 7.34. The number of esters is 1. The number of pyridine rings is 1. The first kappa shape index (κ1) is 20.4. The molecule has 6 nitrogen and oxygen atoms in total. The molecule has 0 aliphatic heterocycles. The van der Waals surface area contributed by atoms with Gasteiger partial charge < -0.3 is 14.4 Å². The number of rotatable bonds is 8. The Morgan fingerprint density at radius 2 is 1.67 bits per heavy atom. The molecule has 1 atom stereocenters. The monoisotopic (exact) mass is 370 g/mol. The molecule has 0 spiro atoms. The molecule has 27 heavy (non-hydrogen) atoms. The summed E-state index contributed by atoms with van der Waals surface area (Å²) in [5.41, 5.74) is 1.48. The summed E-state index contributed by atoms with van der Waals surface area (Å²) in [6.07, 6.45) is 3.43. The predicted molar refractivity (Wildman–Crippen MR) is 102 cm³/mol. The van der Waals surface area contributed by atoms with Crippen LogP contribution in [0.5, 0.6) is 5.75 Å². The zero-order valence-electron chi connectivity index (χ0n) is 16.2. The van der Waals surface area contributed by atoms with Crippen LogP contribution in [0.15, 0.2) is 48.8 Å². The highest BCUT2D eigenvalue weighted by Crippen LogP contribution is 2.17. The molecule has 0 N–H and O–H groups in total. The molecule has 1 amide bonds. The van der Waals surface area contributed by atoms with Gasteiger partial charge in [-0.15, -0.1) is 0 Å². The average Bonchev–Trinajstić information content (AvgIpc) is 2.67. The van der Waals surface area contributed by atoms with E-state index in [4.69, 9.17) is 9.47 Å². The van der Waals surface area contributed by atoms with Crippen LogP contribution in [0.2, 0.25) is 0 Å². The zero-order chi connectivity index (χ0) is 19.8. The highest BCUT2D eigenvalue weighted by atomic mass is 16.5. The van der Waals surface area contributed by atoms with Gasteiger partial charge in [-0.1, -0.05) is 6.92 Å². The molecule has 0 saturated carbocycles. The molecule has 2 aromatic rings. The van der Waals surface area contributed by atoms with Gasteiger partial charge in [-0.05, 0) is 55.8 Å². The van der Waals surface area contributed by atoms with E-state index >= 15 is 0 Å². The fourth-order valence-electron chi connectivity index (χ4n) is 2.66. The van der Waals surface area contributed by atoms with E-state index in [0.717, 1.165) is 5.56 Å². The Balaban J connectivity index is 2.20. The molecule has 2 rings (SSSR count). The maximum absolute atomic E-state index is 13.0. The normalized spacial score (nSPS) is 11.7. The van der Waals surface area contributed by atoms with Crippen molar-refractivity contribution >= 4 is 11.9 Å². The van der Waals surface area contributed by atoms with Gasteiger partial charge in [-0.2, -0.15) is 0 Å². The topological polar surface area (TPSA) is 68.7 Å². The van der Waals surface area contributed by atoms with Crippen molar-refractivity contribution in [1.82, 2.24) is 9.88 Å². The number of hydrogen-bond acceptors (Lipinski definition) is 5. The van der Waals surface area contributed by atoms with Crippen LogP contribution in [0.3, 0.4) is 0 Å². The minimum atomic E-state index is -0.427. The first-order valence-electron chi connectivity index (χ1n) is 8.93. The van der Waals surface area contributed by atoms with Gasteiger partial charge in [-0.3, -0.25) is 14.6 Å². The lowest BCUT2D eigenvalue weighted by molar-refractivity contribution is -0.145. The Morgan fingerprint density at radius 1 is 1.04 bits per heavy atom. The maximum Gasteiger partial charge on any atom is 0.310 e. The van der Waals surface area contributed by atoms with Crippen molar-refractivity contribution in [2.75, 3.05) is 13.7 Å². The third-order valence-corrected chi connectivity index (χ3v) is 3.98. The molecule has 1 aromatic heterocycles. The summed E-state index contributed by atoms with van der Waals surface area (Å²) in [4.78, 5) is 30.5. The number of carbonyl (C=O) groups is 2. The highest BCUT2D eigenvalue weighted by molar-refractivity contribution is 5.94. The summed E-state index contributed by atoms with van der Waals surface area (Å²) < 4.78 is 10.4. The number of carbonyl (C=O) groups excluding carboxylic acids is 2. The third kappa shape index (κ3) is 6.09. The van der Waals surface area contributed by atoms with Crippen LogP contribution >= 0.6 is 0 Å². The quantitative estimate of drug-likeness (QED) is 0.667. The Hall–Kier alpha value is -2.89. The van der Waals surface area contributed by atoms with E-state index < -0.39 is 5.92 Å². The fourth-order valence-corrected chi connectivity index (χ4v) is 2.66. The Bertz CT molecular complexity index is 745. The van der Waals surface area contributed by atoms with Gasteiger partial charge in [0.15, 0.2) is 0 Å². The number of aromatic nitrogens is 1. The first-order chi connectivity index (χ1) is 12.9. The number of ether oxygens (including phenoxy) is 2. The summed E-state index contributed by atoms with van der Waals surface area (Å²) in [5.74, 6) is -0.212. The summed E-state index contributed by atoms with van der Waals surface area (Å²) >= 11 is 0. The predicted octanol–water partition coefficient (Wildman–Crippen LogP) is 3.32. The van der Waals surface area contributed by atoms with Gasteiger partial charge >= 0.3 is 5.97 Å². The van der Waals surface area contributed by atoms with E-state index in [9.17, 15) is 9.59 Å². The zero-order valence-corrected chi connectivity index (χ0v) is 16.2. The lowest BCUT2D eigenvalue weighted by atomic mass is 10.1. The second-order valence-electron chi connectivity index (χ2n) is 6.66. The van der Waals surface area contributed by atoms with E-state index in [1.54, 1.807) is 48.5 Å². The maximum atomic E-state index is 13.0. The van der Waals surface area contributed by atoms with Crippen molar-refractivity contribution in [2.24, 2.45) is 5.92 Å². The van der Waals surface area contributed by atoms with E-state index in [2.05, 4.69) is 4.98 Å². The van der Waals surface area contributed by atoms with Gasteiger partial charge in [-0.25, -0.2) is 0 Å². The third-order valence-electron chi connectivity index (χ3n) is 3.98. The summed E-state index contributed by atoms with van der Waals surface area (Å²) in [7, 11) is 1.35. The van der Waals surface area contributed by atoms with Crippen molar-refractivity contribution in [1.29, 1.82) is 0 Å². The number of amides is 1. The molecular formula is C21H26N2O4. The Labute approximate surface area is 160 Å². The van der Waals surface area contributed by atoms with Crippen molar-refractivity contribution in [3.05, 3.63) is 59.9 Å². The van der Waals surface area contributed by atoms with E-state index in [0.29, 0.717) is 17.9 Å². The minimum Gasteiger partial charge on any atom is -0.491 e. The molecule has 6 heteroatoms. The molecular weight excluding hydrogens is 344 g/mol. The van der Waals surface area contributed by atoms with Gasteiger partial charge in [0.25, 0.3) is 5.91 Å². The van der Waals surface area contributed by atoms with Crippen molar-refractivity contribution < 1.29 is 19.1 Å². The number of benzene rings is 1. The molecule has 144 valence electrons. The molecule has 0 saturated heterocycles. The molecule has 1 unspecified atom stereocenters. The summed E-state index contributed by atoms with van der Waals surface area (Å²) in [6, 6.07) is 10.7. The molecule has 0 aliphatic rings. The number of nitrogens with zero attached hydrogens (tertiary/aromatic N) is 2.